The van der Waals surface area contributed by atoms with Crippen LogP contribution in [-0.4, -0.2) is 86.5 Å². The number of benzene rings is 2. The fourth-order valence-electron chi connectivity index (χ4n) is 4.50. The quantitative estimate of drug-likeness (QED) is 0.0351. The Labute approximate surface area is 322 Å². The lowest BCUT2D eigenvalue weighted by Gasteiger charge is -2.14. The molecule has 0 saturated carbocycles. The van der Waals surface area contributed by atoms with Gasteiger partial charge in [0.05, 0.1) is 22.9 Å². The Kier molecular flexibility index (Phi) is 13.9. The summed E-state index contributed by atoms with van der Waals surface area (Å²) < 4.78 is 129. The minimum atomic E-state index is -5.36. The molecule has 0 bridgehead atoms. The Morgan fingerprint density at radius 1 is 0.929 bits per heavy atom. The molecule has 0 atom stereocenters. The Hall–Kier alpha value is -5.33. The largest absolute Gasteiger partial charge is 0.494 e. The Morgan fingerprint density at radius 3 is 2.02 bits per heavy atom. The number of halogens is 1. The molecule has 0 spiro atoms. The van der Waals surface area contributed by atoms with Crippen LogP contribution in [0.25, 0.3) is 0 Å². The van der Waals surface area contributed by atoms with Gasteiger partial charge in [-0.15, -0.1) is 10.2 Å². The van der Waals surface area contributed by atoms with Crippen LogP contribution >= 0.6 is 11.6 Å². The minimum Gasteiger partial charge on any atom is -0.494 e. The van der Waals surface area contributed by atoms with Crippen LogP contribution in [0, 0.1) is 6.92 Å². The summed E-state index contributed by atoms with van der Waals surface area (Å²) in [4.78, 5) is 30.1. The third kappa shape index (κ3) is 11.6. The number of nitrogens with two attached hydrogens (primary N) is 2. The molecule has 24 nitrogen and oxygen atoms in total. The molecule has 1 heterocycles. The van der Waals surface area contributed by atoms with E-state index >= 15 is 0 Å². The molecule has 0 radical (unpaired) electrons. The van der Waals surface area contributed by atoms with Gasteiger partial charge in [-0.1, -0.05) is 6.58 Å². The summed E-state index contributed by atoms with van der Waals surface area (Å²) in [7, 11) is -19.7. The van der Waals surface area contributed by atoms with Gasteiger partial charge in [-0.25, -0.2) is 12.6 Å². The highest BCUT2D eigenvalue weighted by Crippen LogP contribution is 2.36. The molecule has 3 rings (SSSR count). The number of aromatic hydroxyl groups is 1. The van der Waals surface area contributed by atoms with E-state index in [4.69, 9.17) is 27.6 Å². The van der Waals surface area contributed by atoms with Crippen molar-refractivity contribution < 1.29 is 61.4 Å². The van der Waals surface area contributed by atoms with Crippen molar-refractivity contribution in [2.24, 2.45) is 31.7 Å². The second-order valence-electron chi connectivity index (χ2n) is 10.7. The number of guanidine groups is 1. The van der Waals surface area contributed by atoms with Gasteiger partial charge in [-0.3, -0.25) is 27.8 Å². The molecule has 3 aromatic rings. The lowest BCUT2D eigenvalue weighted by atomic mass is 10.1. The maximum atomic E-state index is 13.0. The van der Waals surface area contributed by atoms with Crippen LogP contribution < -0.4 is 27.7 Å². The molecule has 304 valence electrons. The zero-order chi connectivity index (χ0) is 42.6. The van der Waals surface area contributed by atoms with Crippen molar-refractivity contribution in [3.8, 4) is 5.88 Å². The lowest BCUT2D eigenvalue weighted by molar-refractivity contribution is 0.0995. The third-order valence-corrected chi connectivity index (χ3v) is 10.9. The normalized spacial score (nSPS) is 13.2. The number of nitrogens with one attached hydrogen (secondary N) is 2. The molecule has 56 heavy (non-hydrogen) atoms. The maximum Gasteiger partial charge on any atom is 0.397 e. The van der Waals surface area contributed by atoms with Crippen LogP contribution in [0.2, 0.25) is 0 Å². The van der Waals surface area contributed by atoms with Gasteiger partial charge in [0.1, 0.15) is 26.9 Å². The number of pyridine rings is 1. The second kappa shape index (κ2) is 17.2. The van der Waals surface area contributed by atoms with E-state index in [-0.39, 0.29) is 28.8 Å². The van der Waals surface area contributed by atoms with Crippen molar-refractivity contribution in [2.45, 2.75) is 35.1 Å². The molecule has 0 unspecified atom stereocenters. The summed E-state index contributed by atoms with van der Waals surface area (Å²) in [5.41, 5.74) is 6.89. The van der Waals surface area contributed by atoms with Crippen LogP contribution in [0.5, 0.6) is 5.88 Å². The maximum absolute atomic E-state index is 13.0. The van der Waals surface area contributed by atoms with E-state index in [1.807, 2.05) is 0 Å². The number of azo groups is 1. The molecular formula is C27H30ClN9O15S4. The highest BCUT2D eigenvalue weighted by atomic mass is 35.5. The summed E-state index contributed by atoms with van der Waals surface area (Å²) in [6.45, 7) is 5.10. The molecule has 1 amide bonds. The smallest absolute Gasteiger partial charge is 0.397 e. The molecule has 0 aliphatic heterocycles. The molecular weight excluding hydrogens is 854 g/mol. The number of sulfone groups is 1. The van der Waals surface area contributed by atoms with Gasteiger partial charge in [-0.2, -0.15) is 35.2 Å². The lowest BCUT2D eigenvalue weighted by Crippen LogP contribution is -2.25. The van der Waals surface area contributed by atoms with Crippen LogP contribution in [0.1, 0.15) is 22.8 Å². The van der Waals surface area contributed by atoms with Gasteiger partial charge in [0.25, 0.3) is 31.7 Å². The molecule has 0 saturated heterocycles. The molecule has 10 N–H and O–H groups in total. The molecule has 29 heteroatoms. The van der Waals surface area contributed by atoms with Gasteiger partial charge in [-0.05, 0) is 61.8 Å². The van der Waals surface area contributed by atoms with Gasteiger partial charge in [0.15, 0.2) is 20.8 Å². The van der Waals surface area contributed by atoms with E-state index in [1.165, 1.54) is 26.0 Å². The number of aliphatic imine (C=N–C) groups is 2. The highest BCUT2D eigenvalue weighted by molar-refractivity contribution is 7.91. The number of nitrogens with zero attached hydrogens (tertiary/aromatic N) is 5. The zero-order valence-electron chi connectivity index (χ0n) is 28.5. The van der Waals surface area contributed by atoms with Crippen LogP contribution in [0.4, 0.5) is 22.7 Å². The van der Waals surface area contributed by atoms with Crippen molar-refractivity contribution in [3.05, 3.63) is 70.3 Å². The first-order chi connectivity index (χ1) is 25.7. The highest BCUT2D eigenvalue weighted by Gasteiger charge is 2.27. The van der Waals surface area contributed by atoms with E-state index in [0.29, 0.717) is 10.6 Å². The average molecular weight is 884 g/mol. The van der Waals surface area contributed by atoms with Crippen molar-refractivity contribution in [1.29, 1.82) is 0 Å². The monoisotopic (exact) mass is 883 g/mol. The van der Waals surface area contributed by atoms with E-state index in [0.717, 1.165) is 12.1 Å². The standard InChI is InChI=1S/C27H30ClN9O15S4/c1-4-37-24(39)21(23(29)38)13(2)22(25(37)40)36-35-18-11-17(19(54(43,44)45)12-20(18)55(46,47)48)31-14(3)32-27(34-26(28)30)33-15-5-7-16(8-6-15)53(41,42)10-9-52-56(49,50)51/h5-8,11-12,31,39H,3-4,9-10H2,1-2H3,(H2,29,38)(H,43,44,45)(H,46,47,48)(H,49,50,51)(H3,30,32,33,34). The first-order valence-corrected chi connectivity index (χ1v) is 21.0. The molecule has 2 aromatic carbocycles. The van der Waals surface area contributed by atoms with Crippen molar-refractivity contribution in [2.75, 3.05) is 23.0 Å². The first kappa shape index (κ1) is 45.1. The number of hydrogen-bond acceptors (Lipinski definition) is 16. The SMILES string of the molecule is C=C(N=C(N=C(N)Cl)Nc1ccc(S(=O)(=O)CCOS(=O)(=O)O)cc1)Nc1cc(N=Nc2c(C)c(C(N)=O)c(O)n(CC)c2=O)c(S(=O)(=O)O)cc1S(=O)(=O)O. The zero-order valence-corrected chi connectivity index (χ0v) is 32.5. The number of carbonyl (C=O) groups excluding carboxylic acids is 1. The summed E-state index contributed by atoms with van der Waals surface area (Å²) in [6.07, 6.45) is 0. The third-order valence-electron chi connectivity index (χ3n) is 6.88. The van der Waals surface area contributed by atoms with Crippen molar-refractivity contribution >= 4 is 92.0 Å². The number of aromatic nitrogens is 1. The number of hydrogen-bond donors (Lipinski definition) is 8. The Bertz CT molecular complexity index is 2690. The fourth-order valence-corrected chi connectivity index (χ4v) is 7.42. The summed E-state index contributed by atoms with van der Waals surface area (Å²) in [5.74, 6) is -3.80. The van der Waals surface area contributed by atoms with Gasteiger partial charge < -0.3 is 27.2 Å². The van der Waals surface area contributed by atoms with Gasteiger partial charge in [0, 0.05) is 17.8 Å². The average Bonchev–Trinajstić information content (AvgIpc) is 3.02. The summed E-state index contributed by atoms with van der Waals surface area (Å²) in [5, 5.41) is 22.1. The summed E-state index contributed by atoms with van der Waals surface area (Å²) in [6, 6.07) is 5.47. The second-order valence-corrected chi connectivity index (χ2v) is 17.1. The van der Waals surface area contributed by atoms with Crippen LogP contribution in [0.15, 0.2) is 88.5 Å². The van der Waals surface area contributed by atoms with E-state index < -0.39 is 120 Å². The van der Waals surface area contributed by atoms with E-state index in [9.17, 15) is 57.5 Å². The van der Waals surface area contributed by atoms with Gasteiger partial charge in [0.2, 0.25) is 11.8 Å². The molecule has 0 fully saturated rings. The van der Waals surface area contributed by atoms with Crippen molar-refractivity contribution in [1.82, 2.24) is 4.57 Å². The number of carbonyl (C=O) groups is 1. The predicted molar refractivity (Wildman–Crippen MR) is 199 cm³/mol. The van der Waals surface area contributed by atoms with Crippen LogP contribution in [0.3, 0.4) is 0 Å². The number of amidine groups is 1. The topological polar surface area (TPSA) is 391 Å². The summed E-state index contributed by atoms with van der Waals surface area (Å²) >= 11 is 5.70. The Morgan fingerprint density at radius 2 is 1.52 bits per heavy atom. The minimum absolute atomic E-state index is 0.0799. The predicted octanol–water partition coefficient (Wildman–Crippen LogP) is 1.39. The number of primary amides is 1. The van der Waals surface area contributed by atoms with Crippen molar-refractivity contribution in [3.63, 3.8) is 0 Å². The number of amides is 1. The Balaban J connectivity index is 2.10. The van der Waals surface area contributed by atoms with Gasteiger partial charge >= 0.3 is 10.4 Å². The molecule has 0 aliphatic rings. The number of rotatable bonds is 15. The number of anilines is 2. The first-order valence-electron chi connectivity index (χ1n) is 14.7. The molecule has 1 aromatic heterocycles. The van der Waals surface area contributed by atoms with Crippen LogP contribution in [-0.2, 0) is 51.2 Å². The fraction of sp³-hybridized carbons (Fsp3) is 0.185. The molecule has 0 aliphatic carbocycles. The van der Waals surface area contributed by atoms with E-state index in [1.54, 1.807) is 0 Å². The van der Waals surface area contributed by atoms with E-state index in [2.05, 4.69) is 41.6 Å².